The van der Waals surface area contributed by atoms with Crippen LogP contribution in [0.4, 0.5) is 0 Å². The summed E-state index contributed by atoms with van der Waals surface area (Å²) in [6.07, 6.45) is 4.09. The zero-order chi connectivity index (χ0) is 25.5. The number of carboxylic acid groups (broad SMARTS) is 1. The molecule has 186 valence electrons. The highest BCUT2D eigenvalue weighted by Crippen LogP contribution is 2.40. The average molecular weight is 492 g/mol. The quantitative estimate of drug-likeness (QED) is 0.269. The van der Waals surface area contributed by atoms with Gasteiger partial charge in [0.2, 0.25) is 0 Å². The Morgan fingerprint density at radius 3 is 2.57 bits per heavy atom. The molecule has 0 bridgehead atoms. The van der Waals surface area contributed by atoms with Crippen molar-refractivity contribution in [3.05, 3.63) is 95.1 Å². The van der Waals surface area contributed by atoms with Crippen LogP contribution in [0.3, 0.4) is 0 Å². The SMILES string of the molecule is Cc1c(-c2cc(C(=O)O)c3c(O[C@@H]4CCC[C@H](c5ccccc5)C4)ccc(C)c3n2)oc2ccccc12. The molecule has 3 aromatic carbocycles. The van der Waals surface area contributed by atoms with Crippen molar-refractivity contribution >= 4 is 27.8 Å². The molecule has 1 N–H and O–H groups in total. The van der Waals surface area contributed by atoms with Crippen LogP contribution in [0.15, 0.2) is 77.2 Å². The lowest BCUT2D eigenvalue weighted by Gasteiger charge is -2.30. The van der Waals surface area contributed by atoms with E-state index >= 15 is 0 Å². The molecule has 37 heavy (non-hydrogen) atoms. The first-order chi connectivity index (χ1) is 18.0. The summed E-state index contributed by atoms with van der Waals surface area (Å²) in [6.45, 7) is 3.93. The molecule has 0 saturated heterocycles. The van der Waals surface area contributed by atoms with Gasteiger partial charge < -0.3 is 14.3 Å². The van der Waals surface area contributed by atoms with Crippen molar-refractivity contribution in [2.24, 2.45) is 0 Å². The molecule has 5 aromatic rings. The van der Waals surface area contributed by atoms with E-state index in [9.17, 15) is 9.90 Å². The molecule has 5 nitrogen and oxygen atoms in total. The average Bonchev–Trinajstić information content (AvgIpc) is 3.27. The van der Waals surface area contributed by atoms with E-state index in [-0.39, 0.29) is 11.7 Å². The van der Waals surface area contributed by atoms with Gasteiger partial charge in [0.25, 0.3) is 0 Å². The van der Waals surface area contributed by atoms with Crippen LogP contribution in [-0.2, 0) is 0 Å². The van der Waals surface area contributed by atoms with Crippen molar-refractivity contribution in [1.82, 2.24) is 4.98 Å². The van der Waals surface area contributed by atoms with Crippen LogP contribution in [-0.4, -0.2) is 22.2 Å². The Morgan fingerprint density at radius 2 is 1.78 bits per heavy atom. The first-order valence-electron chi connectivity index (χ1n) is 12.9. The number of nitrogens with zero attached hydrogens (tertiary/aromatic N) is 1. The van der Waals surface area contributed by atoms with Gasteiger partial charge in [-0.25, -0.2) is 9.78 Å². The number of aromatic nitrogens is 1. The number of fused-ring (bicyclic) bond motifs is 2. The lowest BCUT2D eigenvalue weighted by atomic mass is 9.82. The van der Waals surface area contributed by atoms with Crippen LogP contribution in [0.2, 0.25) is 0 Å². The number of para-hydroxylation sites is 1. The summed E-state index contributed by atoms with van der Waals surface area (Å²) in [6, 6.07) is 23.8. The van der Waals surface area contributed by atoms with Gasteiger partial charge in [-0.1, -0.05) is 54.6 Å². The molecule has 2 aromatic heterocycles. The summed E-state index contributed by atoms with van der Waals surface area (Å²) in [5, 5.41) is 11.8. The van der Waals surface area contributed by atoms with Crippen LogP contribution in [0.1, 0.15) is 58.6 Å². The van der Waals surface area contributed by atoms with E-state index in [1.54, 1.807) is 6.07 Å². The highest BCUT2D eigenvalue weighted by Gasteiger charge is 2.27. The molecule has 1 fully saturated rings. The summed E-state index contributed by atoms with van der Waals surface area (Å²) in [5.41, 5.74) is 5.25. The van der Waals surface area contributed by atoms with E-state index in [0.717, 1.165) is 47.8 Å². The minimum Gasteiger partial charge on any atom is -0.490 e. The minimum atomic E-state index is -1.01. The third-order valence-electron chi connectivity index (χ3n) is 7.62. The fourth-order valence-electron chi connectivity index (χ4n) is 5.70. The summed E-state index contributed by atoms with van der Waals surface area (Å²) in [4.78, 5) is 17.5. The van der Waals surface area contributed by atoms with Gasteiger partial charge in [-0.2, -0.15) is 0 Å². The highest BCUT2D eigenvalue weighted by molar-refractivity contribution is 6.07. The van der Waals surface area contributed by atoms with E-state index in [4.69, 9.17) is 14.1 Å². The van der Waals surface area contributed by atoms with Crippen molar-refractivity contribution in [2.45, 2.75) is 51.6 Å². The van der Waals surface area contributed by atoms with Gasteiger partial charge in [0.05, 0.1) is 22.6 Å². The van der Waals surface area contributed by atoms with Crippen molar-refractivity contribution < 1.29 is 19.1 Å². The van der Waals surface area contributed by atoms with Gasteiger partial charge in [0.1, 0.15) is 17.0 Å². The Balaban J connectivity index is 1.42. The van der Waals surface area contributed by atoms with Gasteiger partial charge in [-0.3, -0.25) is 0 Å². The van der Waals surface area contributed by atoms with E-state index in [1.807, 2.05) is 56.3 Å². The number of benzene rings is 3. The van der Waals surface area contributed by atoms with E-state index in [1.165, 1.54) is 5.56 Å². The molecule has 0 radical (unpaired) electrons. The maximum Gasteiger partial charge on any atom is 0.336 e. The molecule has 1 aliphatic carbocycles. The Labute approximate surface area is 215 Å². The van der Waals surface area contributed by atoms with Gasteiger partial charge in [-0.15, -0.1) is 0 Å². The molecular weight excluding hydrogens is 462 g/mol. The smallest absolute Gasteiger partial charge is 0.336 e. The summed E-state index contributed by atoms with van der Waals surface area (Å²) >= 11 is 0. The summed E-state index contributed by atoms with van der Waals surface area (Å²) < 4.78 is 12.7. The number of pyridine rings is 1. The molecule has 0 spiro atoms. The molecule has 6 rings (SSSR count). The predicted octanol–water partition coefficient (Wildman–Crippen LogP) is 8.07. The van der Waals surface area contributed by atoms with Gasteiger partial charge in [-0.05, 0) is 74.8 Å². The monoisotopic (exact) mass is 491 g/mol. The number of carbonyl (C=O) groups is 1. The first-order valence-corrected chi connectivity index (χ1v) is 12.9. The zero-order valence-corrected chi connectivity index (χ0v) is 21.0. The second kappa shape index (κ2) is 9.40. The maximum atomic E-state index is 12.5. The fraction of sp³-hybridized carbons (Fsp3) is 0.250. The largest absolute Gasteiger partial charge is 0.490 e. The standard InChI is InChI=1S/C32H29NO4/c1-19-15-16-28(36-23-12-8-11-22(17-23)21-9-4-3-5-10-21)29-25(32(34)35)18-26(33-30(19)29)31-20(2)24-13-6-7-14-27(24)37-31/h3-7,9-10,13-16,18,22-23H,8,11-12,17H2,1-2H3,(H,34,35)/t22-,23+/m0/s1. The number of aromatic carboxylic acids is 1. The van der Waals surface area contributed by atoms with Crippen molar-refractivity contribution in [1.29, 1.82) is 0 Å². The Bertz CT molecular complexity index is 1620. The predicted molar refractivity (Wildman–Crippen MR) is 145 cm³/mol. The number of hydrogen-bond donors (Lipinski definition) is 1. The lowest BCUT2D eigenvalue weighted by molar-refractivity contribution is 0.0698. The van der Waals surface area contributed by atoms with Crippen LogP contribution < -0.4 is 4.74 Å². The lowest BCUT2D eigenvalue weighted by Crippen LogP contribution is -2.24. The van der Waals surface area contributed by atoms with Crippen LogP contribution >= 0.6 is 0 Å². The Hall–Kier alpha value is -4.12. The first kappa shape index (κ1) is 23.3. The summed E-state index contributed by atoms with van der Waals surface area (Å²) in [7, 11) is 0. The molecule has 5 heteroatoms. The fourth-order valence-corrected chi connectivity index (χ4v) is 5.70. The number of carboxylic acids is 1. The number of aryl methyl sites for hydroxylation is 2. The second-order valence-corrected chi connectivity index (χ2v) is 10.0. The van der Waals surface area contributed by atoms with E-state index in [0.29, 0.717) is 34.0 Å². The molecule has 0 unspecified atom stereocenters. The number of rotatable bonds is 5. The molecule has 0 aliphatic heterocycles. The number of hydrogen-bond acceptors (Lipinski definition) is 4. The molecule has 2 atom stereocenters. The second-order valence-electron chi connectivity index (χ2n) is 10.0. The molecule has 1 aliphatic rings. The van der Waals surface area contributed by atoms with E-state index in [2.05, 4.69) is 24.3 Å². The Kier molecular flexibility index (Phi) is 5.91. The maximum absolute atomic E-state index is 12.5. The third kappa shape index (κ3) is 4.25. The zero-order valence-electron chi connectivity index (χ0n) is 21.0. The van der Waals surface area contributed by atoms with Gasteiger partial charge in [0.15, 0.2) is 5.76 Å². The molecule has 2 heterocycles. The topological polar surface area (TPSA) is 72.6 Å². The van der Waals surface area contributed by atoms with Gasteiger partial charge in [0, 0.05) is 10.9 Å². The molecule has 1 saturated carbocycles. The highest BCUT2D eigenvalue weighted by atomic mass is 16.5. The van der Waals surface area contributed by atoms with E-state index < -0.39 is 5.97 Å². The number of furan rings is 1. The van der Waals surface area contributed by atoms with Crippen molar-refractivity contribution in [2.75, 3.05) is 0 Å². The Morgan fingerprint density at radius 1 is 1.00 bits per heavy atom. The van der Waals surface area contributed by atoms with Crippen LogP contribution in [0.25, 0.3) is 33.3 Å². The van der Waals surface area contributed by atoms with Crippen LogP contribution in [0.5, 0.6) is 5.75 Å². The third-order valence-corrected chi connectivity index (χ3v) is 7.62. The minimum absolute atomic E-state index is 0.0174. The van der Waals surface area contributed by atoms with Crippen molar-refractivity contribution in [3.8, 4) is 17.2 Å². The van der Waals surface area contributed by atoms with Crippen LogP contribution in [0, 0.1) is 13.8 Å². The summed E-state index contributed by atoms with van der Waals surface area (Å²) in [5.74, 6) is 0.603. The van der Waals surface area contributed by atoms with Gasteiger partial charge >= 0.3 is 5.97 Å². The normalized spacial score (nSPS) is 17.8. The molecular formula is C32H29NO4. The van der Waals surface area contributed by atoms with Crippen molar-refractivity contribution in [3.63, 3.8) is 0 Å². The molecule has 0 amide bonds. The number of ether oxygens (including phenoxy) is 1.